The second-order valence-corrected chi connectivity index (χ2v) is 14.6. The van der Waals surface area contributed by atoms with Gasteiger partial charge in [0.05, 0.1) is 16.8 Å². The summed E-state index contributed by atoms with van der Waals surface area (Å²) in [5.74, 6) is -1.46. The molecule has 3 rings (SSSR count). The minimum atomic E-state index is -1.23. The Morgan fingerprint density at radius 2 is 1.74 bits per heavy atom. The van der Waals surface area contributed by atoms with Crippen molar-refractivity contribution in [1.82, 2.24) is 15.5 Å². The number of nitrogens with one attached hydrogen (secondary N) is 3. The van der Waals surface area contributed by atoms with E-state index in [9.17, 15) is 19.5 Å². The van der Waals surface area contributed by atoms with Crippen LogP contribution in [-0.2, 0) is 9.59 Å². The lowest BCUT2D eigenvalue weighted by Crippen LogP contribution is -2.55. The predicted molar refractivity (Wildman–Crippen MR) is 135 cm³/mol. The van der Waals surface area contributed by atoms with Gasteiger partial charge in [-0.15, -0.1) is 0 Å². The van der Waals surface area contributed by atoms with Gasteiger partial charge in [0.15, 0.2) is 6.04 Å². The van der Waals surface area contributed by atoms with E-state index in [0.29, 0.717) is 16.8 Å². The first-order valence-corrected chi connectivity index (χ1v) is 14.0. The molecule has 1 fully saturated rings. The van der Waals surface area contributed by atoms with Crippen molar-refractivity contribution < 1.29 is 19.5 Å². The highest BCUT2D eigenvalue weighted by Gasteiger charge is 2.51. The van der Waals surface area contributed by atoms with Gasteiger partial charge in [0.25, 0.3) is 0 Å². The Balaban J connectivity index is 1.76. The maximum absolute atomic E-state index is 13.2. The smallest absolute Gasteiger partial charge is 0.330 e. The van der Waals surface area contributed by atoms with Crippen molar-refractivity contribution in [2.24, 2.45) is 5.73 Å². The minimum Gasteiger partial charge on any atom is -0.479 e. The molecule has 0 aromatic heterocycles. The third kappa shape index (κ3) is 4.38. The second kappa shape index (κ2) is 8.98. The van der Waals surface area contributed by atoms with Gasteiger partial charge in [-0.3, -0.25) is 10.2 Å². The number of nitrogens with zero attached hydrogens (tertiary/aromatic N) is 1. The molecule has 0 spiro atoms. The van der Waals surface area contributed by atoms with Gasteiger partial charge in [-0.2, -0.15) is 0 Å². The number of carboxylic acid groups (broad SMARTS) is 1. The zero-order valence-electron chi connectivity index (χ0n) is 20.4. The van der Waals surface area contributed by atoms with Crippen LogP contribution in [0.5, 0.6) is 0 Å². The first-order chi connectivity index (χ1) is 15.7. The Morgan fingerprint density at radius 3 is 2.21 bits per heavy atom. The number of aliphatic carboxylic acids is 1. The van der Waals surface area contributed by atoms with E-state index in [0.717, 1.165) is 19.3 Å². The minimum absolute atomic E-state index is 0.0136. The van der Waals surface area contributed by atoms with Gasteiger partial charge in [-0.25, -0.2) is 19.6 Å². The Bertz CT molecular complexity index is 1040. The maximum Gasteiger partial charge on any atom is 0.330 e. The number of amides is 3. The van der Waals surface area contributed by atoms with Crippen LogP contribution in [0.15, 0.2) is 41.6 Å². The number of nitrogens with two attached hydrogens (primary N) is 1. The van der Waals surface area contributed by atoms with Crippen LogP contribution in [0.4, 0.5) is 4.79 Å². The molecule has 1 aliphatic carbocycles. The molecule has 1 atom stereocenters. The van der Waals surface area contributed by atoms with Crippen LogP contribution in [-0.4, -0.2) is 69.3 Å². The molecule has 1 aliphatic heterocycles. The van der Waals surface area contributed by atoms with Crippen LogP contribution in [0.1, 0.15) is 44.7 Å². The molecule has 0 bridgehead atoms. The molecule has 0 radical (unpaired) electrons. The van der Waals surface area contributed by atoms with E-state index in [4.69, 9.17) is 11.1 Å². The summed E-state index contributed by atoms with van der Waals surface area (Å²) in [6, 6.07) is 6.57. The molecule has 10 heteroatoms. The summed E-state index contributed by atoms with van der Waals surface area (Å²) >= 11 is 0. The highest BCUT2D eigenvalue weighted by Crippen LogP contribution is 2.60. The van der Waals surface area contributed by atoms with E-state index < -0.39 is 38.4 Å². The molecule has 9 nitrogen and oxygen atoms in total. The van der Waals surface area contributed by atoms with E-state index in [1.54, 1.807) is 44.2 Å². The highest BCUT2D eigenvalue weighted by molar-refractivity contribution is 8.33. The Labute approximate surface area is 202 Å². The third-order valence-corrected chi connectivity index (χ3v) is 10.1. The number of benzene rings is 1. The molecule has 1 heterocycles. The lowest BCUT2D eigenvalue weighted by Gasteiger charge is -2.53. The summed E-state index contributed by atoms with van der Waals surface area (Å²) in [5, 5.41) is 23.6. The quantitative estimate of drug-likeness (QED) is 0.308. The monoisotopic (exact) mass is 489 g/mol. The fourth-order valence-electron chi connectivity index (χ4n) is 4.55. The molecule has 2 aliphatic rings. The van der Waals surface area contributed by atoms with E-state index >= 15 is 0 Å². The molecule has 1 aromatic rings. The zero-order valence-corrected chi connectivity index (χ0v) is 21.2. The molecule has 1 unspecified atom stereocenters. The molecule has 1 saturated carbocycles. The summed E-state index contributed by atoms with van der Waals surface area (Å²) in [6.45, 7) is 3.45. The SMILES string of the molecule is CC1(C)C(N)=C(C(=N)NC(=O)C2(S(C)(C)C)CCC2)CN1C(=O)NC(C(=O)O)c1ccccc1. The zero-order chi connectivity index (χ0) is 25.5. The van der Waals surface area contributed by atoms with Crippen molar-refractivity contribution >= 4 is 33.8 Å². The van der Waals surface area contributed by atoms with Gasteiger partial charge in [-0.05, 0) is 57.4 Å². The number of amidine groups is 1. The van der Waals surface area contributed by atoms with E-state index in [1.165, 1.54) is 4.90 Å². The van der Waals surface area contributed by atoms with Crippen molar-refractivity contribution in [2.75, 3.05) is 25.3 Å². The highest BCUT2D eigenvalue weighted by atomic mass is 32.3. The van der Waals surface area contributed by atoms with Crippen molar-refractivity contribution in [3.05, 3.63) is 47.2 Å². The number of carbonyl (C=O) groups excluding carboxylic acids is 2. The van der Waals surface area contributed by atoms with Crippen LogP contribution in [0.2, 0.25) is 0 Å². The number of hydrogen-bond acceptors (Lipinski definition) is 5. The van der Waals surface area contributed by atoms with Gasteiger partial charge in [-0.1, -0.05) is 30.3 Å². The fourth-order valence-corrected chi connectivity index (χ4v) is 6.67. The van der Waals surface area contributed by atoms with Gasteiger partial charge < -0.3 is 26.4 Å². The number of carbonyl (C=O) groups is 3. The molecule has 3 amide bonds. The van der Waals surface area contributed by atoms with Gasteiger partial charge >= 0.3 is 12.0 Å². The van der Waals surface area contributed by atoms with Gasteiger partial charge in [0.1, 0.15) is 5.84 Å². The maximum atomic E-state index is 13.2. The van der Waals surface area contributed by atoms with Crippen molar-refractivity contribution in [1.29, 1.82) is 5.41 Å². The Kier molecular flexibility index (Phi) is 6.76. The summed E-state index contributed by atoms with van der Waals surface area (Å²) in [4.78, 5) is 39.5. The molecule has 1 aromatic carbocycles. The predicted octanol–water partition coefficient (Wildman–Crippen LogP) is 2.54. The fraction of sp³-hybridized carbons (Fsp3) is 0.500. The van der Waals surface area contributed by atoms with Crippen molar-refractivity contribution in [2.45, 2.75) is 49.4 Å². The molecular formula is C24H35N5O4S. The molecule has 186 valence electrons. The average molecular weight is 490 g/mol. The van der Waals surface area contributed by atoms with E-state index in [1.807, 2.05) is 0 Å². The summed E-state index contributed by atoms with van der Waals surface area (Å²) in [5.41, 5.74) is 6.48. The lowest BCUT2D eigenvalue weighted by atomic mass is 9.83. The Hall–Kier alpha value is -3.01. The Morgan fingerprint density at radius 1 is 1.15 bits per heavy atom. The standard InChI is InChI=1S/C24H35N5O4S/c1-23(2)18(25)16(19(26)28-21(32)24(12-9-13-24)34(3,4)5)14-29(23)22(33)27-17(20(30)31)15-10-7-6-8-11-15/h6-8,10-11,17H,9,12-14,25H2,1-5H3,(H,27,33)(H,30,31)(H2,26,28,32). The van der Waals surface area contributed by atoms with E-state index in [2.05, 4.69) is 29.4 Å². The van der Waals surface area contributed by atoms with Crippen molar-refractivity contribution in [3.8, 4) is 0 Å². The average Bonchev–Trinajstić information content (AvgIpc) is 2.94. The topological polar surface area (TPSA) is 149 Å². The van der Waals surface area contributed by atoms with Gasteiger partial charge in [0.2, 0.25) is 5.91 Å². The van der Waals surface area contributed by atoms with Crippen LogP contribution >= 0.6 is 10.0 Å². The van der Waals surface area contributed by atoms with Crippen LogP contribution in [0.3, 0.4) is 0 Å². The summed E-state index contributed by atoms with van der Waals surface area (Å²) in [7, 11) is -1.19. The van der Waals surface area contributed by atoms with Gasteiger partial charge in [0, 0.05) is 11.3 Å². The largest absolute Gasteiger partial charge is 0.479 e. The second-order valence-electron chi connectivity index (χ2n) is 10.2. The summed E-state index contributed by atoms with van der Waals surface area (Å²) < 4.78 is -0.454. The lowest BCUT2D eigenvalue weighted by molar-refractivity contribution is -0.139. The number of carboxylic acids is 1. The molecule has 0 saturated heterocycles. The molecule has 34 heavy (non-hydrogen) atoms. The number of rotatable bonds is 6. The first-order valence-electron chi connectivity index (χ1n) is 11.2. The summed E-state index contributed by atoms with van der Waals surface area (Å²) in [6.07, 6.45) is 8.92. The van der Waals surface area contributed by atoms with Crippen LogP contribution in [0, 0.1) is 5.41 Å². The normalized spacial score (nSPS) is 20.2. The van der Waals surface area contributed by atoms with E-state index in [-0.39, 0.29) is 18.3 Å². The molecule has 6 N–H and O–H groups in total. The third-order valence-electron chi connectivity index (χ3n) is 7.16. The van der Waals surface area contributed by atoms with Crippen molar-refractivity contribution in [3.63, 3.8) is 0 Å². The molecular weight excluding hydrogens is 454 g/mol. The number of urea groups is 1. The number of hydrogen-bond donors (Lipinski definition) is 5. The van der Waals surface area contributed by atoms with Crippen LogP contribution < -0.4 is 16.4 Å². The van der Waals surface area contributed by atoms with Crippen LogP contribution in [0.25, 0.3) is 0 Å². The first kappa shape index (κ1) is 25.6.